The lowest BCUT2D eigenvalue weighted by atomic mass is 9.87. The predicted octanol–water partition coefficient (Wildman–Crippen LogP) is 5.26. The molecule has 1 aromatic carbocycles. The second-order valence-electron chi connectivity index (χ2n) is 5.37. The number of benzene rings is 1. The van der Waals surface area contributed by atoms with Crippen molar-refractivity contribution in [1.82, 2.24) is 4.98 Å². The summed E-state index contributed by atoms with van der Waals surface area (Å²) in [5, 5.41) is 1.74. The highest BCUT2D eigenvalue weighted by Gasteiger charge is 2.19. The number of pyridine rings is 1. The average molecular weight is 313 g/mol. The number of hydrogen-bond donors (Lipinski definition) is 0. The number of nitrogens with zero attached hydrogens (tertiary/aromatic N) is 1. The van der Waals surface area contributed by atoms with Gasteiger partial charge in [0, 0.05) is 9.86 Å². The van der Waals surface area contributed by atoms with Crippen molar-refractivity contribution in [2.45, 2.75) is 33.1 Å². The molecule has 1 aromatic heterocycles. The van der Waals surface area contributed by atoms with E-state index in [0.29, 0.717) is 5.15 Å². The van der Waals surface area contributed by atoms with Crippen LogP contribution in [0, 0.1) is 6.92 Å². The molecule has 1 nitrogen and oxygen atoms in total. The van der Waals surface area contributed by atoms with Gasteiger partial charge in [-0.2, -0.15) is 0 Å². The molecule has 0 bridgehead atoms. The summed E-state index contributed by atoms with van der Waals surface area (Å²) in [6.07, 6.45) is 0. The molecule has 1 heterocycles. The molecule has 0 amide bonds. The van der Waals surface area contributed by atoms with Crippen LogP contribution in [0.2, 0.25) is 5.15 Å². The zero-order valence-electron chi connectivity index (χ0n) is 10.4. The first-order valence-corrected chi connectivity index (χ1v) is 6.73. The SMILES string of the molecule is Cc1cc(Br)cc2cc(C(C)(C)C)c(Cl)nc12. The molecule has 0 saturated heterocycles. The Bertz CT molecular complexity index is 585. The standard InChI is InChI=1S/C14H15BrClN/c1-8-5-10(15)6-9-7-11(14(2,3)4)13(16)17-12(8)9/h5-7H,1-4H3. The Morgan fingerprint density at radius 3 is 2.41 bits per heavy atom. The third-order valence-electron chi connectivity index (χ3n) is 2.83. The van der Waals surface area contributed by atoms with Crippen LogP contribution in [0.3, 0.4) is 0 Å². The van der Waals surface area contributed by atoms with Crippen LogP contribution < -0.4 is 0 Å². The Hall–Kier alpha value is -0.600. The van der Waals surface area contributed by atoms with Gasteiger partial charge >= 0.3 is 0 Å². The molecule has 0 radical (unpaired) electrons. The van der Waals surface area contributed by atoms with Gasteiger partial charge in [0.2, 0.25) is 0 Å². The molecule has 0 fully saturated rings. The third-order valence-corrected chi connectivity index (χ3v) is 3.58. The molecule has 0 aliphatic carbocycles. The van der Waals surface area contributed by atoms with Crippen LogP contribution in [-0.2, 0) is 5.41 Å². The maximum atomic E-state index is 6.28. The predicted molar refractivity (Wildman–Crippen MR) is 77.9 cm³/mol. The fraction of sp³-hybridized carbons (Fsp3) is 0.357. The molecular formula is C14H15BrClN. The Morgan fingerprint density at radius 2 is 1.82 bits per heavy atom. The molecule has 0 aliphatic rings. The van der Waals surface area contributed by atoms with Crippen LogP contribution in [0.15, 0.2) is 22.7 Å². The molecule has 90 valence electrons. The van der Waals surface area contributed by atoms with Crippen LogP contribution in [0.5, 0.6) is 0 Å². The van der Waals surface area contributed by atoms with E-state index in [1.54, 1.807) is 0 Å². The summed E-state index contributed by atoms with van der Waals surface area (Å²) in [5.74, 6) is 0. The number of fused-ring (bicyclic) bond motifs is 1. The van der Waals surface area contributed by atoms with E-state index in [1.165, 1.54) is 0 Å². The van der Waals surface area contributed by atoms with Crippen molar-refractivity contribution >= 4 is 38.4 Å². The molecule has 0 spiro atoms. The lowest BCUT2D eigenvalue weighted by Crippen LogP contribution is -2.12. The van der Waals surface area contributed by atoms with Gasteiger partial charge in [-0.05, 0) is 41.7 Å². The fourth-order valence-electron chi connectivity index (χ4n) is 1.92. The van der Waals surface area contributed by atoms with Crippen LogP contribution in [-0.4, -0.2) is 4.98 Å². The van der Waals surface area contributed by atoms with E-state index < -0.39 is 0 Å². The summed E-state index contributed by atoms with van der Waals surface area (Å²) in [7, 11) is 0. The fourth-order valence-corrected chi connectivity index (χ4v) is 2.94. The first-order valence-electron chi connectivity index (χ1n) is 5.56. The normalized spacial score (nSPS) is 12.1. The first-order chi connectivity index (χ1) is 7.79. The molecule has 0 saturated carbocycles. The Morgan fingerprint density at radius 1 is 1.18 bits per heavy atom. The van der Waals surface area contributed by atoms with E-state index in [1.807, 2.05) is 6.92 Å². The number of hydrogen-bond acceptors (Lipinski definition) is 1. The Balaban J connectivity index is 2.81. The summed E-state index contributed by atoms with van der Waals surface area (Å²) >= 11 is 9.79. The Labute approximate surface area is 115 Å². The third kappa shape index (κ3) is 2.48. The molecule has 0 N–H and O–H groups in total. The highest BCUT2D eigenvalue weighted by atomic mass is 79.9. The largest absolute Gasteiger partial charge is 0.236 e. The minimum absolute atomic E-state index is 0.00843. The van der Waals surface area contributed by atoms with Crippen LogP contribution in [0.4, 0.5) is 0 Å². The monoisotopic (exact) mass is 311 g/mol. The highest BCUT2D eigenvalue weighted by Crippen LogP contribution is 2.32. The summed E-state index contributed by atoms with van der Waals surface area (Å²) in [6, 6.07) is 6.28. The van der Waals surface area contributed by atoms with E-state index in [-0.39, 0.29) is 5.41 Å². The van der Waals surface area contributed by atoms with E-state index in [4.69, 9.17) is 11.6 Å². The quantitative estimate of drug-likeness (QED) is 0.605. The van der Waals surface area contributed by atoms with Crippen LogP contribution in [0.25, 0.3) is 10.9 Å². The van der Waals surface area contributed by atoms with Gasteiger partial charge in [-0.1, -0.05) is 48.3 Å². The Kier molecular flexibility index (Phi) is 3.21. The van der Waals surface area contributed by atoms with E-state index in [0.717, 1.165) is 26.5 Å². The number of aryl methyl sites for hydroxylation is 1. The van der Waals surface area contributed by atoms with Crippen molar-refractivity contribution in [3.8, 4) is 0 Å². The maximum Gasteiger partial charge on any atom is 0.133 e. The molecular weight excluding hydrogens is 298 g/mol. The highest BCUT2D eigenvalue weighted by molar-refractivity contribution is 9.10. The number of rotatable bonds is 0. The van der Waals surface area contributed by atoms with E-state index in [2.05, 4.69) is 59.9 Å². The van der Waals surface area contributed by atoms with Gasteiger partial charge in [0.05, 0.1) is 5.52 Å². The second-order valence-corrected chi connectivity index (χ2v) is 6.64. The van der Waals surface area contributed by atoms with Crippen molar-refractivity contribution in [2.24, 2.45) is 0 Å². The molecule has 17 heavy (non-hydrogen) atoms. The summed E-state index contributed by atoms with van der Waals surface area (Å²) in [4.78, 5) is 4.53. The second kappa shape index (κ2) is 4.25. The van der Waals surface area contributed by atoms with Gasteiger partial charge in [0.15, 0.2) is 0 Å². The van der Waals surface area contributed by atoms with Gasteiger partial charge in [-0.3, -0.25) is 0 Å². The van der Waals surface area contributed by atoms with Crippen LogP contribution >= 0.6 is 27.5 Å². The molecule has 2 aromatic rings. The first kappa shape index (κ1) is 12.8. The zero-order valence-corrected chi connectivity index (χ0v) is 12.8. The van der Waals surface area contributed by atoms with Gasteiger partial charge < -0.3 is 0 Å². The molecule has 0 unspecified atom stereocenters. The lowest BCUT2D eigenvalue weighted by Gasteiger charge is -2.20. The van der Waals surface area contributed by atoms with Crippen molar-refractivity contribution in [1.29, 1.82) is 0 Å². The number of aromatic nitrogens is 1. The van der Waals surface area contributed by atoms with Crippen molar-refractivity contribution in [3.05, 3.63) is 39.0 Å². The summed E-state index contributed by atoms with van der Waals surface area (Å²) in [6.45, 7) is 8.49. The molecule has 3 heteroatoms. The van der Waals surface area contributed by atoms with Crippen molar-refractivity contribution < 1.29 is 0 Å². The zero-order chi connectivity index (χ0) is 12.8. The summed E-state index contributed by atoms with van der Waals surface area (Å²) in [5.41, 5.74) is 3.21. The van der Waals surface area contributed by atoms with Crippen molar-refractivity contribution in [3.63, 3.8) is 0 Å². The van der Waals surface area contributed by atoms with Crippen molar-refractivity contribution in [2.75, 3.05) is 0 Å². The van der Waals surface area contributed by atoms with Gasteiger partial charge in [-0.15, -0.1) is 0 Å². The molecule has 0 atom stereocenters. The minimum Gasteiger partial charge on any atom is -0.236 e. The van der Waals surface area contributed by atoms with Gasteiger partial charge in [-0.25, -0.2) is 4.98 Å². The average Bonchev–Trinajstić information content (AvgIpc) is 2.16. The molecule has 2 rings (SSSR count). The van der Waals surface area contributed by atoms with Crippen LogP contribution in [0.1, 0.15) is 31.9 Å². The molecule has 0 aliphatic heterocycles. The number of halogens is 2. The lowest BCUT2D eigenvalue weighted by molar-refractivity contribution is 0.589. The van der Waals surface area contributed by atoms with E-state index in [9.17, 15) is 0 Å². The summed E-state index contributed by atoms with van der Waals surface area (Å²) < 4.78 is 1.08. The van der Waals surface area contributed by atoms with Gasteiger partial charge in [0.25, 0.3) is 0 Å². The topological polar surface area (TPSA) is 12.9 Å². The van der Waals surface area contributed by atoms with E-state index >= 15 is 0 Å². The minimum atomic E-state index is 0.00843. The smallest absolute Gasteiger partial charge is 0.133 e. The van der Waals surface area contributed by atoms with Gasteiger partial charge in [0.1, 0.15) is 5.15 Å². The maximum absolute atomic E-state index is 6.28.